The molecule has 9 heteroatoms. The van der Waals surface area contributed by atoms with Gasteiger partial charge in [0.1, 0.15) is 6.33 Å². The summed E-state index contributed by atoms with van der Waals surface area (Å²) in [6.45, 7) is 0. The Morgan fingerprint density at radius 2 is 2.08 bits per heavy atom. The lowest BCUT2D eigenvalue weighted by atomic mass is 10.2. The Bertz CT molecular complexity index is 1120. The van der Waals surface area contributed by atoms with Crippen molar-refractivity contribution in [3.05, 3.63) is 70.5 Å². The van der Waals surface area contributed by atoms with Crippen LogP contribution in [0.25, 0.3) is 16.7 Å². The van der Waals surface area contributed by atoms with E-state index in [1.807, 2.05) is 28.7 Å². The van der Waals surface area contributed by atoms with Gasteiger partial charge in [-0.15, -0.1) is 10.2 Å². The zero-order valence-corrected chi connectivity index (χ0v) is 12.8. The smallest absolute Gasteiger partial charge is 0.270 e. The number of non-ortho nitro benzene ring substituents is 1. The Morgan fingerprint density at radius 1 is 1.20 bits per heavy atom. The summed E-state index contributed by atoms with van der Waals surface area (Å²) in [7, 11) is 0. The second-order valence-corrected chi connectivity index (χ2v) is 5.20. The van der Waals surface area contributed by atoms with Crippen LogP contribution in [0.2, 0.25) is 0 Å². The van der Waals surface area contributed by atoms with Crippen LogP contribution in [0, 0.1) is 10.1 Å². The van der Waals surface area contributed by atoms with Crippen LogP contribution in [-0.2, 0) is 0 Å². The topological polar surface area (TPSA) is 111 Å². The average molecular weight is 333 g/mol. The molecule has 4 rings (SSSR count). The predicted molar refractivity (Wildman–Crippen MR) is 92.6 cm³/mol. The van der Waals surface area contributed by atoms with Gasteiger partial charge in [-0.2, -0.15) is 5.10 Å². The molecule has 0 bridgehead atoms. The lowest BCUT2D eigenvalue weighted by molar-refractivity contribution is -0.384. The predicted octanol–water partition coefficient (Wildman–Crippen LogP) is 2.63. The molecule has 0 aliphatic carbocycles. The molecular weight excluding hydrogens is 322 g/mol. The van der Waals surface area contributed by atoms with Crippen LogP contribution >= 0.6 is 0 Å². The number of aromatic nitrogens is 4. The molecule has 0 saturated heterocycles. The molecule has 0 radical (unpaired) electrons. The van der Waals surface area contributed by atoms with Gasteiger partial charge in [0.25, 0.3) is 5.69 Å². The summed E-state index contributed by atoms with van der Waals surface area (Å²) in [5, 5.41) is 22.9. The van der Waals surface area contributed by atoms with Crippen molar-refractivity contribution in [1.82, 2.24) is 19.6 Å². The van der Waals surface area contributed by atoms with E-state index in [4.69, 9.17) is 0 Å². The van der Waals surface area contributed by atoms with Gasteiger partial charge in [0.2, 0.25) is 5.65 Å². The van der Waals surface area contributed by atoms with Crippen LogP contribution in [0.1, 0.15) is 5.56 Å². The van der Waals surface area contributed by atoms with Gasteiger partial charge in [0.05, 0.1) is 22.2 Å². The first-order valence-electron chi connectivity index (χ1n) is 7.34. The quantitative estimate of drug-likeness (QED) is 0.349. The van der Waals surface area contributed by atoms with E-state index >= 15 is 0 Å². The number of fused-ring (bicyclic) bond motifs is 3. The van der Waals surface area contributed by atoms with Gasteiger partial charge in [0, 0.05) is 17.7 Å². The highest BCUT2D eigenvalue weighted by molar-refractivity contribution is 5.84. The van der Waals surface area contributed by atoms with Crippen molar-refractivity contribution in [1.29, 1.82) is 0 Å². The first-order chi connectivity index (χ1) is 12.2. The number of rotatable bonds is 4. The highest BCUT2D eigenvalue weighted by Gasteiger charge is 2.09. The largest absolute Gasteiger partial charge is 0.277 e. The molecule has 2 aromatic heterocycles. The molecule has 0 aliphatic rings. The van der Waals surface area contributed by atoms with Gasteiger partial charge in [-0.05, 0) is 12.1 Å². The number of para-hydroxylation sites is 2. The second kappa shape index (κ2) is 5.96. The standard InChI is InChI=1S/C16H11N7O2/c24-23(25)12-5-3-4-11(8-12)9-17-20-15-16-21-18-10-22(16)14-7-2-1-6-13(14)19-15/h1-10H,(H,19,20). The lowest BCUT2D eigenvalue weighted by Gasteiger charge is -2.05. The molecule has 122 valence electrons. The summed E-state index contributed by atoms with van der Waals surface area (Å²) in [4.78, 5) is 14.9. The number of benzene rings is 2. The minimum absolute atomic E-state index is 0.00706. The lowest BCUT2D eigenvalue weighted by Crippen LogP contribution is -2.00. The molecule has 0 saturated carbocycles. The minimum atomic E-state index is -0.449. The number of hydrogen-bond acceptors (Lipinski definition) is 7. The summed E-state index contributed by atoms with van der Waals surface area (Å²) in [6.07, 6.45) is 3.09. The van der Waals surface area contributed by atoms with E-state index in [9.17, 15) is 10.1 Å². The fourth-order valence-corrected chi connectivity index (χ4v) is 2.47. The van der Waals surface area contributed by atoms with Gasteiger partial charge >= 0.3 is 0 Å². The van der Waals surface area contributed by atoms with Gasteiger partial charge in [0.15, 0.2) is 5.82 Å². The molecular formula is C16H11N7O2. The summed E-state index contributed by atoms with van der Waals surface area (Å²) >= 11 is 0. The normalized spacial score (nSPS) is 11.4. The van der Waals surface area contributed by atoms with Crippen molar-refractivity contribution in [2.75, 3.05) is 5.43 Å². The first-order valence-corrected chi connectivity index (χ1v) is 7.34. The second-order valence-electron chi connectivity index (χ2n) is 5.20. The minimum Gasteiger partial charge on any atom is -0.277 e. The number of hydrazone groups is 1. The van der Waals surface area contributed by atoms with Crippen LogP contribution in [-0.4, -0.2) is 30.7 Å². The van der Waals surface area contributed by atoms with Crippen molar-refractivity contribution >= 4 is 34.4 Å². The first kappa shape index (κ1) is 14.7. The van der Waals surface area contributed by atoms with Crippen LogP contribution < -0.4 is 5.43 Å². The van der Waals surface area contributed by atoms with Crippen LogP contribution in [0.4, 0.5) is 11.5 Å². The summed E-state index contributed by atoms with van der Waals surface area (Å²) < 4.78 is 1.81. The van der Waals surface area contributed by atoms with Crippen molar-refractivity contribution in [3.8, 4) is 0 Å². The Labute approximate surface area is 140 Å². The van der Waals surface area contributed by atoms with Gasteiger partial charge < -0.3 is 0 Å². The van der Waals surface area contributed by atoms with Crippen LogP contribution in [0.15, 0.2) is 60.0 Å². The van der Waals surface area contributed by atoms with E-state index < -0.39 is 4.92 Å². The van der Waals surface area contributed by atoms with Gasteiger partial charge in [-0.3, -0.25) is 19.9 Å². The number of nitrogens with zero attached hydrogens (tertiary/aromatic N) is 6. The molecule has 0 amide bonds. The maximum absolute atomic E-state index is 10.8. The molecule has 2 heterocycles. The van der Waals surface area contributed by atoms with E-state index in [1.54, 1.807) is 18.5 Å². The molecule has 0 aliphatic heterocycles. The maximum Gasteiger partial charge on any atom is 0.270 e. The Balaban J connectivity index is 1.67. The van der Waals surface area contributed by atoms with Crippen molar-refractivity contribution in [2.24, 2.45) is 5.10 Å². The molecule has 0 fully saturated rings. The third kappa shape index (κ3) is 2.74. The van der Waals surface area contributed by atoms with E-state index in [2.05, 4.69) is 25.7 Å². The monoisotopic (exact) mass is 333 g/mol. The molecule has 1 N–H and O–H groups in total. The SMILES string of the molecule is O=[N+]([O-])c1cccc(C=NNc2nc3ccccc3n3cnnc23)c1. The van der Waals surface area contributed by atoms with Gasteiger partial charge in [-0.25, -0.2) is 4.98 Å². The third-order valence-corrected chi connectivity index (χ3v) is 3.60. The molecule has 9 nitrogen and oxygen atoms in total. The Hall–Kier alpha value is -3.88. The molecule has 25 heavy (non-hydrogen) atoms. The average Bonchev–Trinajstić information content (AvgIpc) is 3.12. The molecule has 0 unspecified atom stereocenters. The zero-order chi connectivity index (χ0) is 17.2. The highest BCUT2D eigenvalue weighted by Crippen LogP contribution is 2.19. The zero-order valence-electron chi connectivity index (χ0n) is 12.8. The maximum atomic E-state index is 10.8. The van der Waals surface area contributed by atoms with E-state index in [0.717, 1.165) is 11.0 Å². The van der Waals surface area contributed by atoms with Crippen molar-refractivity contribution in [2.45, 2.75) is 0 Å². The van der Waals surface area contributed by atoms with E-state index in [0.29, 0.717) is 17.0 Å². The van der Waals surface area contributed by atoms with Crippen LogP contribution in [0.5, 0.6) is 0 Å². The summed E-state index contributed by atoms with van der Waals surface area (Å²) in [6, 6.07) is 13.8. The molecule has 0 spiro atoms. The number of nitrogens with one attached hydrogen (secondary N) is 1. The van der Waals surface area contributed by atoms with Gasteiger partial charge in [-0.1, -0.05) is 24.3 Å². The number of hydrogen-bond donors (Lipinski definition) is 1. The van der Waals surface area contributed by atoms with E-state index in [-0.39, 0.29) is 5.69 Å². The van der Waals surface area contributed by atoms with Crippen molar-refractivity contribution in [3.63, 3.8) is 0 Å². The highest BCUT2D eigenvalue weighted by atomic mass is 16.6. The molecule has 0 atom stereocenters. The van der Waals surface area contributed by atoms with E-state index in [1.165, 1.54) is 18.3 Å². The number of anilines is 1. The number of nitro benzene ring substituents is 1. The summed E-state index contributed by atoms with van der Waals surface area (Å²) in [5.74, 6) is 0.442. The fourth-order valence-electron chi connectivity index (χ4n) is 2.47. The Kier molecular flexibility index (Phi) is 3.51. The van der Waals surface area contributed by atoms with Crippen LogP contribution in [0.3, 0.4) is 0 Å². The summed E-state index contributed by atoms with van der Waals surface area (Å²) in [5.41, 5.74) is 5.62. The number of nitro groups is 1. The molecule has 2 aromatic carbocycles. The third-order valence-electron chi connectivity index (χ3n) is 3.60. The molecule has 4 aromatic rings. The van der Waals surface area contributed by atoms with Crippen molar-refractivity contribution < 1.29 is 4.92 Å². The Morgan fingerprint density at radius 3 is 2.96 bits per heavy atom. The fraction of sp³-hybridized carbons (Fsp3) is 0.